The summed E-state index contributed by atoms with van der Waals surface area (Å²) in [5.74, 6) is -3.63. The smallest absolute Gasteiger partial charge is 0.255 e. The number of hydrogen-bond donors (Lipinski definition) is 6. The Morgan fingerprint density at radius 2 is 1.57 bits per heavy atom. The zero-order valence-electron chi connectivity index (χ0n) is 27.6. The molecule has 0 saturated carbocycles. The molecule has 260 valence electrons. The van der Waals surface area contributed by atoms with Gasteiger partial charge < -0.3 is 36.4 Å². The Balaban J connectivity index is 1.63. The maximum absolute atomic E-state index is 13.7. The number of hydrogen-bond acceptors (Lipinski definition) is 7. The van der Waals surface area contributed by atoms with Crippen LogP contribution in [0.2, 0.25) is 0 Å². The minimum absolute atomic E-state index is 0.00278. The Morgan fingerprint density at radius 1 is 0.898 bits per heavy atom. The molecular formula is C36H42FN5O7. The molecule has 13 heteroatoms. The molecular weight excluding hydrogens is 633 g/mol. The van der Waals surface area contributed by atoms with Crippen LogP contribution in [0.1, 0.15) is 48.7 Å². The van der Waals surface area contributed by atoms with Gasteiger partial charge in [-0.15, -0.1) is 0 Å². The van der Waals surface area contributed by atoms with Crippen molar-refractivity contribution < 1.29 is 38.2 Å². The molecule has 0 aliphatic carbocycles. The second-order valence-electron chi connectivity index (χ2n) is 12.3. The van der Waals surface area contributed by atoms with E-state index in [4.69, 9.17) is 4.74 Å². The number of carbonyl (C=O) groups excluding carboxylic acids is 5. The molecule has 1 aliphatic heterocycles. The van der Waals surface area contributed by atoms with Crippen molar-refractivity contribution in [3.05, 3.63) is 95.3 Å². The lowest BCUT2D eigenvalue weighted by atomic mass is 10.0. The molecule has 4 rings (SSSR count). The van der Waals surface area contributed by atoms with E-state index in [0.29, 0.717) is 12.0 Å². The zero-order chi connectivity index (χ0) is 35.5. The van der Waals surface area contributed by atoms with Gasteiger partial charge in [-0.05, 0) is 66.8 Å². The Morgan fingerprint density at radius 3 is 2.27 bits per heavy atom. The van der Waals surface area contributed by atoms with Gasteiger partial charge in [0.15, 0.2) is 0 Å². The third kappa shape index (κ3) is 10.8. The number of phenolic OH excluding ortho intramolecular Hbond substituents is 1. The largest absolute Gasteiger partial charge is 0.508 e. The third-order valence-electron chi connectivity index (χ3n) is 7.92. The molecule has 0 unspecified atom stereocenters. The van der Waals surface area contributed by atoms with Gasteiger partial charge in [0, 0.05) is 13.0 Å². The minimum atomic E-state index is -1.35. The monoisotopic (exact) mass is 675 g/mol. The number of nitrogens with one attached hydrogen (secondary N) is 5. The summed E-state index contributed by atoms with van der Waals surface area (Å²) in [6, 6.07) is 14.3. The van der Waals surface area contributed by atoms with Crippen LogP contribution in [0.3, 0.4) is 0 Å². The van der Waals surface area contributed by atoms with E-state index in [1.165, 1.54) is 30.3 Å². The van der Waals surface area contributed by atoms with Crippen molar-refractivity contribution in [2.45, 2.75) is 64.2 Å². The summed E-state index contributed by atoms with van der Waals surface area (Å²) in [6.45, 7) is 5.39. The number of rotatable bonds is 7. The van der Waals surface area contributed by atoms with Crippen LogP contribution >= 0.6 is 0 Å². The maximum Gasteiger partial charge on any atom is 0.255 e. The molecule has 49 heavy (non-hydrogen) atoms. The number of carbonyl (C=O) groups is 5. The Hall–Kier alpha value is -5.46. The summed E-state index contributed by atoms with van der Waals surface area (Å²) in [5.41, 5.74) is 1.49. The van der Waals surface area contributed by atoms with Crippen molar-refractivity contribution >= 4 is 29.5 Å². The molecule has 6 N–H and O–H groups in total. The fourth-order valence-electron chi connectivity index (χ4n) is 5.22. The second kappa shape index (κ2) is 17.1. The molecule has 1 heterocycles. The molecule has 4 atom stereocenters. The van der Waals surface area contributed by atoms with Crippen molar-refractivity contribution in [2.24, 2.45) is 5.92 Å². The zero-order valence-corrected chi connectivity index (χ0v) is 27.6. The molecule has 0 spiro atoms. The van der Waals surface area contributed by atoms with Gasteiger partial charge in [-0.3, -0.25) is 24.0 Å². The van der Waals surface area contributed by atoms with Gasteiger partial charge in [-0.2, -0.15) is 0 Å². The van der Waals surface area contributed by atoms with E-state index in [1.54, 1.807) is 63.2 Å². The van der Waals surface area contributed by atoms with Crippen molar-refractivity contribution in [3.8, 4) is 11.5 Å². The lowest BCUT2D eigenvalue weighted by Crippen LogP contribution is -2.57. The minimum Gasteiger partial charge on any atom is -0.508 e. The number of ether oxygens (including phenoxy) is 1. The number of phenols is 1. The molecule has 1 aliphatic rings. The van der Waals surface area contributed by atoms with Crippen LogP contribution in [-0.4, -0.2) is 72.0 Å². The molecule has 12 nitrogen and oxygen atoms in total. The highest BCUT2D eigenvalue weighted by Gasteiger charge is 2.32. The molecule has 3 aromatic rings. The summed E-state index contributed by atoms with van der Waals surface area (Å²) in [5, 5.41) is 23.4. The first-order valence-corrected chi connectivity index (χ1v) is 16.1. The highest BCUT2D eigenvalue weighted by atomic mass is 19.1. The number of halogens is 1. The Labute approximate surface area is 284 Å². The Kier molecular flexibility index (Phi) is 12.7. The van der Waals surface area contributed by atoms with Gasteiger partial charge >= 0.3 is 0 Å². The predicted molar refractivity (Wildman–Crippen MR) is 179 cm³/mol. The SMILES string of the molecule is CC(C)[C@H]1NC(=O)[C@H](Cc2ccc(O)cc2)NC(=O)C[C@@H](C(=O)NCCc2ccc(F)cc2)NC(=O)c2ccccc2OC[C@H](C)NC1=O. The van der Waals surface area contributed by atoms with Crippen molar-refractivity contribution in [3.63, 3.8) is 0 Å². The summed E-state index contributed by atoms with van der Waals surface area (Å²) in [7, 11) is 0. The van der Waals surface area contributed by atoms with Gasteiger partial charge in [-0.25, -0.2) is 4.39 Å². The van der Waals surface area contributed by atoms with Crippen molar-refractivity contribution in [1.82, 2.24) is 26.6 Å². The van der Waals surface area contributed by atoms with Crippen molar-refractivity contribution in [2.75, 3.05) is 13.2 Å². The lowest BCUT2D eigenvalue weighted by molar-refractivity contribution is -0.133. The molecule has 0 aromatic heterocycles. The maximum atomic E-state index is 13.7. The van der Waals surface area contributed by atoms with Crippen LogP contribution in [0.4, 0.5) is 4.39 Å². The number of benzene rings is 3. The van der Waals surface area contributed by atoms with E-state index in [1.807, 2.05) is 0 Å². The summed E-state index contributed by atoms with van der Waals surface area (Å²) < 4.78 is 19.2. The summed E-state index contributed by atoms with van der Waals surface area (Å²) >= 11 is 0. The fraction of sp³-hybridized carbons (Fsp3) is 0.361. The number of amides is 5. The highest BCUT2D eigenvalue weighted by molar-refractivity contribution is 6.01. The number of para-hydroxylation sites is 1. The number of aromatic hydroxyl groups is 1. The van der Waals surface area contributed by atoms with E-state index in [0.717, 1.165) is 5.56 Å². The third-order valence-corrected chi connectivity index (χ3v) is 7.92. The molecule has 0 saturated heterocycles. The summed E-state index contributed by atoms with van der Waals surface area (Å²) in [6.07, 6.45) is -0.156. The van der Waals surface area contributed by atoms with Gasteiger partial charge in [0.2, 0.25) is 23.6 Å². The van der Waals surface area contributed by atoms with Gasteiger partial charge in [0.05, 0.1) is 18.0 Å². The van der Waals surface area contributed by atoms with Gasteiger partial charge in [0.1, 0.15) is 42.0 Å². The molecule has 0 fully saturated rings. The highest BCUT2D eigenvalue weighted by Crippen LogP contribution is 2.19. The van der Waals surface area contributed by atoms with Crippen molar-refractivity contribution in [1.29, 1.82) is 0 Å². The molecule has 0 radical (unpaired) electrons. The van der Waals surface area contributed by atoms with Crippen LogP contribution in [0.25, 0.3) is 0 Å². The number of fused-ring (bicyclic) bond motifs is 1. The molecule has 3 aromatic carbocycles. The van der Waals surface area contributed by atoms with Gasteiger partial charge in [0.25, 0.3) is 5.91 Å². The van der Waals surface area contributed by atoms with Crippen LogP contribution in [0.15, 0.2) is 72.8 Å². The standard InChI is InChI=1S/C36H42FN5O7/c1-21(2)32-36(48)39-22(3)20-49-30-7-5-4-6-27(30)33(45)41-29(34(46)38-17-16-23-8-12-25(37)13-9-23)19-31(44)40-28(35(47)42-32)18-24-10-14-26(43)15-11-24/h4-15,21-22,28-29,32,43H,16-20H2,1-3H3,(H,38,46)(H,39,48)(H,40,44)(H,41,45)(H,42,47)/t22-,28-,29-,32+/m0/s1. The quantitative estimate of drug-likeness (QED) is 0.223. The van der Waals surface area contributed by atoms with E-state index in [2.05, 4.69) is 26.6 Å². The molecule has 5 amide bonds. The first-order chi connectivity index (χ1) is 23.4. The average Bonchev–Trinajstić information content (AvgIpc) is 3.06. The van der Waals surface area contributed by atoms with Crippen LogP contribution in [0, 0.1) is 11.7 Å². The summed E-state index contributed by atoms with van der Waals surface area (Å²) in [4.78, 5) is 67.5. The lowest BCUT2D eigenvalue weighted by Gasteiger charge is -2.27. The van der Waals surface area contributed by atoms with Crippen LogP contribution in [0.5, 0.6) is 11.5 Å². The van der Waals surface area contributed by atoms with E-state index >= 15 is 0 Å². The predicted octanol–water partition coefficient (Wildman–Crippen LogP) is 2.14. The topological polar surface area (TPSA) is 175 Å². The van der Waals surface area contributed by atoms with Crippen LogP contribution < -0.4 is 31.3 Å². The van der Waals surface area contributed by atoms with Crippen LogP contribution in [-0.2, 0) is 32.0 Å². The van der Waals surface area contributed by atoms with E-state index in [9.17, 15) is 33.5 Å². The Bertz CT molecular complexity index is 1630. The second-order valence-corrected chi connectivity index (χ2v) is 12.3. The van der Waals surface area contributed by atoms with E-state index < -0.39 is 60.1 Å². The average molecular weight is 676 g/mol. The molecule has 0 bridgehead atoms. The fourth-order valence-corrected chi connectivity index (χ4v) is 5.22. The van der Waals surface area contributed by atoms with E-state index in [-0.39, 0.29) is 48.4 Å². The first-order valence-electron chi connectivity index (χ1n) is 16.1. The van der Waals surface area contributed by atoms with Gasteiger partial charge in [-0.1, -0.05) is 50.2 Å². The normalized spacial score (nSPS) is 20.8. The first kappa shape index (κ1) is 36.4.